The molecule has 1 aromatic carbocycles. The third kappa shape index (κ3) is 2.97. The van der Waals surface area contributed by atoms with Crippen molar-refractivity contribution in [2.24, 2.45) is 5.73 Å². The van der Waals surface area contributed by atoms with Crippen molar-refractivity contribution in [3.8, 4) is 0 Å². The molecule has 0 unspecified atom stereocenters. The molecule has 3 nitrogen and oxygen atoms in total. The fraction of sp³-hybridized carbons (Fsp3) is 0.571. The molecular weight excluding hydrogens is 246 g/mol. The molecule has 1 fully saturated rings. The Hall–Kier alpha value is -0.770. The number of piperazine rings is 1. The Balaban J connectivity index is 2.09. The van der Waals surface area contributed by atoms with Gasteiger partial charge in [-0.3, -0.25) is 4.90 Å². The van der Waals surface area contributed by atoms with E-state index < -0.39 is 0 Å². The highest BCUT2D eigenvalue weighted by Gasteiger charge is 2.20. The SMILES string of the molecule is CC(C)N1CCN(c2ccc(Cl)cc2CN)CC1. The minimum atomic E-state index is 0.542. The highest BCUT2D eigenvalue weighted by Crippen LogP contribution is 2.25. The Morgan fingerprint density at radius 1 is 1.22 bits per heavy atom. The van der Waals surface area contributed by atoms with Gasteiger partial charge >= 0.3 is 0 Å². The summed E-state index contributed by atoms with van der Waals surface area (Å²) < 4.78 is 0. The zero-order chi connectivity index (χ0) is 13.1. The largest absolute Gasteiger partial charge is 0.369 e. The van der Waals surface area contributed by atoms with E-state index in [9.17, 15) is 0 Å². The highest BCUT2D eigenvalue weighted by atomic mass is 35.5. The number of halogens is 1. The highest BCUT2D eigenvalue weighted by molar-refractivity contribution is 6.30. The van der Waals surface area contributed by atoms with Gasteiger partial charge < -0.3 is 10.6 Å². The van der Waals surface area contributed by atoms with Crippen LogP contribution in [0.25, 0.3) is 0 Å². The number of benzene rings is 1. The van der Waals surface area contributed by atoms with Gasteiger partial charge in [0.2, 0.25) is 0 Å². The van der Waals surface area contributed by atoms with Gasteiger partial charge in [-0.05, 0) is 37.6 Å². The summed E-state index contributed by atoms with van der Waals surface area (Å²) in [4.78, 5) is 4.92. The first-order valence-corrected chi connectivity index (χ1v) is 6.97. The minimum Gasteiger partial charge on any atom is -0.369 e. The van der Waals surface area contributed by atoms with E-state index in [4.69, 9.17) is 17.3 Å². The summed E-state index contributed by atoms with van der Waals surface area (Å²) in [5, 5.41) is 0.764. The molecule has 0 radical (unpaired) electrons. The molecule has 4 heteroatoms. The number of hydrogen-bond acceptors (Lipinski definition) is 3. The number of anilines is 1. The Morgan fingerprint density at radius 2 is 1.89 bits per heavy atom. The molecule has 0 aromatic heterocycles. The molecule has 1 aromatic rings. The van der Waals surface area contributed by atoms with Gasteiger partial charge in [0.25, 0.3) is 0 Å². The predicted octanol–water partition coefficient (Wildman–Crippen LogP) is 2.33. The minimum absolute atomic E-state index is 0.542. The van der Waals surface area contributed by atoms with Crippen LogP contribution in [0.3, 0.4) is 0 Å². The monoisotopic (exact) mass is 267 g/mol. The van der Waals surface area contributed by atoms with Crippen molar-refractivity contribution in [1.29, 1.82) is 0 Å². The van der Waals surface area contributed by atoms with Gasteiger partial charge in [-0.2, -0.15) is 0 Å². The zero-order valence-corrected chi connectivity index (χ0v) is 12.0. The lowest BCUT2D eigenvalue weighted by atomic mass is 10.1. The topological polar surface area (TPSA) is 32.5 Å². The molecule has 100 valence electrons. The molecule has 1 aliphatic rings. The summed E-state index contributed by atoms with van der Waals surface area (Å²) in [6.45, 7) is 9.40. The van der Waals surface area contributed by atoms with Crippen molar-refractivity contribution in [1.82, 2.24) is 4.90 Å². The van der Waals surface area contributed by atoms with E-state index in [-0.39, 0.29) is 0 Å². The van der Waals surface area contributed by atoms with Crippen molar-refractivity contribution in [3.63, 3.8) is 0 Å². The molecule has 2 rings (SSSR count). The van der Waals surface area contributed by atoms with Crippen LogP contribution in [-0.2, 0) is 6.54 Å². The first-order valence-electron chi connectivity index (χ1n) is 6.59. The van der Waals surface area contributed by atoms with E-state index in [0.717, 1.165) is 36.8 Å². The van der Waals surface area contributed by atoms with Crippen molar-refractivity contribution < 1.29 is 0 Å². The van der Waals surface area contributed by atoms with E-state index in [1.54, 1.807) is 0 Å². The maximum atomic E-state index is 6.02. The summed E-state index contributed by atoms with van der Waals surface area (Å²) in [6, 6.07) is 6.65. The van der Waals surface area contributed by atoms with E-state index in [0.29, 0.717) is 12.6 Å². The average Bonchev–Trinajstić information content (AvgIpc) is 2.38. The maximum Gasteiger partial charge on any atom is 0.0413 e. The predicted molar refractivity (Wildman–Crippen MR) is 78.3 cm³/mol. The normalized spacial score (nSPS) is 17.5. The molecule has 0 amide bonds. The van der Waals surface area contributed by atoms with Crippen molar-refractivity contribution in [2.45, 2.75) is 26.4 Å². The lowest BCUT2D eigenvalue weighted by molar-refractivity contribution is 0.209. The molecule has 0 spiro atoms. The number of nitrogens with two attached hydrogens (primary N) is 1. The summed E-state index contributed by atoms with van der Waals surface area (Å²) in [6.07, 6.45) is 0. The van der Waals surface area contributed by atoms with E-state index >= 15 is 0 Å². The smallest absolute Gasteiger partial charge is 0.0413 e. The van der Waals surface area contributed by atoms with Crippen LogP contribution < -0.4 is 10.6 Å². The number of rotatable bonds is 3. The molecule has 0 atom stereocenters. The standard InChI is InChI=1S/C14H22ClN3/c1-11(2)17-5-7-18(8-6-17)14-4-3-13(15)9-12(14)10-16/h3-4,9,11H,5-8,10,16H2,1-2H3. The molecule has 1 aliphatic heterocycles. The Morgan fingerprint density at radius 3 is 2.44 bits per heavy atom. The molecule has 1 heterocycles. The second-order valence-electron chi connectivity index (χ2n) is 5.09. The third-order valence-corrected chi connectivity index (χ3v) is 3.88. The second kappa shape index (κ2) is 5.91. The Labute approximate surface area is 115 Å². The fourth-order valence-electron chi connectivity index (χ4n) is 2.51. The molecule has 2 N–H and O–H groups in total. The summed E-state index contributed by atoms with van der Waals surface area (Å²) in [5.41, 5.74) is 8.19. The van der Waals surface area contributed by atoms with Crippen LogP contribution in [0.2, 0.25) is 5.02 Å². The van der Waals surface area contributed by atoms with E-state index in [1.165, 1.54) is 5.69 Å². The average molecular weight is 268 g/mol. The van der Waals surface area contributed by atoms with Gasteiger partial charge in [-0.25, -0.2) is 0 Å². The van der Waals surface area contributed by atoms with Crippen LogP contribution in [0.5, 0.6) is 0 Å². The van der Waals surface area contributed by atoms with Crippen LogP contribution in [-0.4, -0.2) is 37.1 Å². The fourth-order valence-corrected chi connectivity index (χ4v) is 2.70. The third-order valence-electron chi connectivity index (χ3n) is 3.65. The van der Waals surface area contributed by atoms with Gasteiger partial charge in [0.15, 0.2) is 0 Å². The molecule has 18 heavy (non-hydrogen) atoms. The number of hydrogen-bond donors (Lipinski definition) is 1. The summed E-state index contributed by atoms with van der Waals surface area (Å²) >= 11 is 6.02. The van der Waals surface area contributed by atoms with E-state index in [1.807, 2.05) is 12.1 Å². The van der Waals surface area contributed by atoms with Crippen LogP contribution in [0, 0.1) is 0 Å². The van der Waals surface area contributed by atoms with Crippen molar-refractivity contribution in [2.75, 3.05) is 31.1 Å². The second-order valence-corrected chi connectivity index (χ2v) is 5.53. The van der Waals surface area contributed by atoms with Crippen LogP contribution in [0.15, 0.2) is 18.2 Å². The zero-order valence-electron chi connectivity index (χ0n) is 11.2. The summed E-state index contributed by atoms with van der Waals surface area (Å²) in [7, 11) is 0. The first-order chi connectivity index (χ1) is 8.61. The van der Waals surface area contributed by atoms with Gasteiger partial charge in [0.1, 0.15) is 0 Å². The first kappa shape index (κ1) is 13.7. The molecular formula is C14H22ClN3. The lowest BCUT2D eigenvalue weighted by Crippen LogP contribution is -2.49. The lowest BCUT2D eigenvalue weighted by Gasteiger charge is -2.38. The Kier molecular flexibility index (Phi) is 4.49. The quantitative estimate of drug-likeness (QED) is 0.912. The van der Waals surface area contributed by atoms with E-state index in [2.05, 4.69) is 29.7 Å². The molecule has 1 saturated heterocycles. The Bertz CT molecular complexity index is 398. The summed E-state index contributed by atoms with van der Waals surface area (Å²) in [5.74, 6) is 0. The molecule has 0 saturated carbocycles. The van der Waals surface area contributed by atoms with Crippen molar-refractivity contribution >= 4 is 17.3 Å². The van der Waals surface area contributed by atoms with Crippen LogP contribution >= 0.6 is 11.6 Å². The van der Waals surface area contributed by atoms with Gasteiger partial charge in [0, 0.05) is 49.5 Å². The van der Waals surface area contributed by atoms with Crippen LogP contribution in [0.1, 0.15) is 19.4 Å². The molecule has 0 aliphatic carbocycles. The van der Waals surface area contributed by atoms with Gasteiger partial charge in [0.05, 0.1) is 0 Å². The van der Waals surface area contributed by atoms with Crippen molar-refractivity contribution in [3.05, 3.63) is 28.8 Å². The van der Waals surface area contributed by atoms with Gasteiger partial charge in [-0.15, -0.1) is 0 Å². The number of nitrogens with zero attached hydrogens (tertiary/aromatic N) is 2. The maximum absolute atomic E-state index is 6.02. The van der Waals surface area contributed by atoms with Crippen LogP contribution in [0.4, 0.5) is 5.69 Å². The van der Waals surface area contributed by atoms with Gasteiger partial charge in [-0.1, -0.05) is 11.6 Å². The molecule has 0 bridgehead atoms.